The van der Waals surface area contributed by atoms with Crippen molar-refractivity contribution in [3.8, 4) is 0 Å². The molecule has 0 saturated heterocycles. The molecule has 24 heavy (non-hydrogen) atoms. The van der Waals surface area contributed by atoms with Crippen LogP contribution in [0.5, 0.6) is 0 Å². The number of rotatable bonds is 8. The number of hydrogen-bond donors (Lipinski definition) is 2. The Labute approximate surface area is 148 Å². The molecule has 0 saturated carbocycles. The minimum Gasteiger partial charge on any atom is -0.363 e. The Bertz CT molecular complexity index is 547. The summed E-state index contributed by atoms with van der Waals surface area (Å²) in [7, 11) is 7.38. The van der Waals surface area contributed by atoms with Crippen molar-refractivity contribution in [1.29, 1.82) is 0 Å². The summed E-state index contributed by atoms with van der Waals surface area (Å²) >= 11 is 1.75. The summed E-state index contributed by atoms with van der Waals surface area (Å²) in [5.74, 6) is 2.49. The van der Waals surface area contributed by atoms with Crippen LogP contribution in [0.4, 0.5) is 5.82 Å². The predicted molar refractivity (Wildman–Crippen MR) is 103 cm³/mol. The number of likely N-dealkylation sites (N-methyl/N-ethyl adjacent to an activating group) is 1. The molecule has 0 atom stereocenters. The second-order valence-electron chi connectivity index (χ2n) is 5.61. The van der Waals surface area contributed by atoms with Crippen molar-refractivity contribution in [2.24, 2.45) is 4.99 Å². The van der Waals surface area contributed by atoms with Gasteiger partial charge in [0.05, 0.1) is 18.8 Å². The highest BCUT2D eigenvalue weighted by atomic mass is 32.2. The molecule has 0 aliphatic carbocycles. The van der Waals surface area contributed by atoms with Gasteiger partial charge in [0.15, 0.2) is 5.96 Å². The van der Waals surface area contributed by atoms with Crippen molar-refractivity contribution < 1.29 is 4.79 Å². The van der Waals surface area contributed by atoms with E-state index in [0.29, 0.717) is 12.5 Å². The van der Waals surface area contributed by atoms with Crippen LogP contribution in [-0.4, -0.2) is 75.0 Å². The number of nitrogens with one attached hydrogen (secondary N) is 2. The second kappa shape index (κ2) is 10.7. The molecule has 0 unspecified atom stereocenters. The fraction of sp³-hybridized carbons (Fsp3) is 0.562. The Morgan fingerprint density at radius 3 is 2.62 bits per heavy atom. The average Bonchev–Trinajstić information content (AvgIpc) is 2.56. The highest BCUT2D eigenvalue weighted by Gasteiger charge is 2.06. The highest BCUT2D eigenvalue weighted by Crippen LogP contribution is 2.08. The molecule has 1 aromatic rings. The van der Waals surface area contributed by atoms with E-state index in [1.165, 1.54) is 0 Å². The van der Waals surface area contributed by atoms with Crippen molar-refractivity contribution in [1.82, 2.24) is 20.5 Å². The molecule has 0 aromatic carbocycles. The topological polar surface area (TPSA) is 72.9 Å². The molecule has 1 aromatic heterocycles. The molecule has 0 radical (unpaired) electrons. The van der Waals surface area contributed by atoms with Gasteiger partial charge in [0.25, 0.3) is 0 Å². The third-order valence-corrected chi connectivity index (χ3v) is 3.77. The lowest BCUT2D eigenvalue weighted by Gasteiger charge is -2.15. The Hall–Kier alpha value is -1.96. The van der Waals surface area contributed by atoms with Crippen LogP contribution in [0.15, 0.2) is 23.2 Å². The van der Waals surface area contributed by atoms with Crippen LogP contribution < -0.4 is 15.5 Å². The number of aliphatic imine (C=N–C) groups is 1. The van der Waals surface area contributed by atoms with Crippen molar-refractivity contribution in [3.63, 3.8) is 0 Å². The van der Waals surface area contributed by atoms with Gasteiger partial charge < -0.3 is 20.4 Å². The molecule has 0 aliphatic heterocycles. The Morgan fingerprint density at radius 1 is 1.25 bits per heavy atom. The number of nitrogens with zero attached hydrogens (tertiary/aromatic N) is 4. The number of carbonyl (C=O) groups is 1. The molecular formula is C16H28N6OS. The van der Waals surface area contributed by atoms with Crippen molar-refractivity contribution in [2.45, 2.75) is 6.54 Å². The van der Waals surface area contributed by atoms with Gasteiger partial charge in [0.2, 0.25) is 5.91 Å². The predicted octanol–water partition coefficient (Wildman–Crippen LogP) is 0.634. The van der Waals surface area contributed by atoms with Crippen LogP contribution in [0.3, 0.4) is 0 Å². The maximum absolute atomic E-state index is 11.7. The molecule has 134 valence electrons. The fourth-order valence-corrected chi connectivity index (χ4v) is 2.03. The quantitative estimate of drug-likeness (QED) is 0.406. The standard InChI is InChI=1S/C16H28N6OS/c1-21(2)14-8-6-7-13(20-14)11-18-16(17-9-10-24-5)19-12-15(23)22(3)4/h6-8H,9-12H2,1-5H3,(H2,17,18,19). The highest BCUT2D eigenvalue weighted by molar-refractivity contribution is 7.98. The number of thioether (sulfide) groups is 1. The van der Waals surface area contributed by atoms with Crippen molar-refractivity contribution in [3.05, 3.63) is 23.9 Å². The molecule has 2 N–H and O–H groups in total. The van der Waals surface area contributed by atoms with E-state index in [9.17, 15) is 4.79 Å². The van der Waals surface area contributed by atoms with Crippen LogP contribution in [-0.2, 0) is 11.3 Å². The fourth-order valence-electron chi connectivity index (χ4n) is 1.73. The van der Waals surface area contributed by atoms with Crippen LogP contribution in [0.1, 0.15) is 5.69 Å². The summed E-state index contributed by atoms with van der Waals surface area (Å²) < 4.78 is 0. The number of anilines is 1. The molecule has 0 fully saturated rings. The zero-order valence-electron chi connectivity index (χ0n) is 15.2. The van der Waals surface area contributed by atoms with Gasteiger partial charge in [-0.1, -0.05) is 6.07 Å². The molecule has 1 heterocycles. The van der Waals surface area contributed by atoms with E-state index >= 15 is 0 Å². The van der Waals surface area contributed by atoms with Crippen molar-refractivity contribution in [2.75, 3.05) is 58.2 Å². The first-order chi connectivity index (χ1) is 11.4. The van der Waals surface area contributed by atoms with Gasteiger partial charge in [-0.05, 0) is 18.4 Å². The summed E-state index contributed by atoms with van der Waals surface area (Å²) in [5.41, 5.74) is 0.881. The van der Waals surface area contributed by atoms with Gasteiger partial charge in [0, 0.05) is 40.5 Å². The normalized spacial score (nSPS) is 11.1. The van der Waals surface area contributed by atoms with Gasteiger partial charge in [-0.2, -0.15) is 11.8 Å². The van der Waals surface area contributed by atoms with Gasteiger partial charge in [-0.25, -0.2) is 9.98 Å². The number of carbonyl (C=O) groups excluding carboxylic acids is 1. The number of amides is 1. The third kappa shape index (κ3) is 7.54. The van der Waals surface area contributed by atoms with Gasteiger partial charge in [-0.3, -0.25) is 4.79 Å². The van der Waals surface area contributed by atoms with Gasteiger partial charge in [0.1, 0.15) is 5.82 Å². The number of aromatic nitrogens is 1. The second-order valence-corrected chi connectivity index (χ2v) is 6.59. The Balaban J connectivity index is 2.71. The maximum atomic E-state index is 11.7. The molecule has 8 heteroatoms. The van der Waals surface area contributed by atoms with Crippen LogP contribution in [0, 0.1) is 0 Å². The molecule has 0 bridgehead atoms. The minimum atomic E-state index is 0.00194. The summed E-state index contributed by atoms with van der Waals surface area (Å²) in [6.07, 6.45) is 2.05. The maximum Gasteiger partial charge on any atom is 0.241 e. The van der Waals surface area contributed by atoms with Crippen LogP contribution >= 0.6 is 11.8 Å². The van der Waals surface area contributed by atoms with E-state index in [1.807, 2.05) is 37.2 Å². The number of pyridine rings is 1. The van der Waals surface area contributed by atoms with Crippen molar-refractivity contribution >= 4 is 29.4 Å². The molecule has 0 spiro atoms. The molecule has 1 rings (SSSR count). The lowest BCUT2D eigenvalue weighted by Crippen LogP contribution is -2.43. The molecule has 7 nitrogen and oxygen atoms in total. The summed E-state index contributed by atoms with van der Waals surface area (Å²) in [4.78, 5) is 24.3. The van der Waals surface area contributed by atoms with E-state index in [2.05, 4.69) is 26.9 Å². The zero-order valence-corrected chi connectivity index (χ0v) is 16.0. The van der Waals surface area contributed by atoms with Crippen LogP contribution in [0.2, 0.25) is 0 Å². The van der Waals surface area contributed by atoms with Gasteiger partial charge >= 0.3 is 0 Å². The molecule has 0 aliphatic rings. The lowest BCUT2D eigenvalue weighted by atomic mass is 10.3. The number of guanidine groups is 1. The third-order valence-electron chi connectivity index (χ3n) is 3.15. The summed E-state index contributed by atoms with van der Waals surface area (Å²) in [5, 5.41) is 6.30. The van der Waals surface area contributed by atoms with Crippen LogP contribution in [0.25, 0.3) is 0 Å². The largest absolute Gasteiger partial charge is 0.363 e. The average molecular weight is 353 g/mol. The zero-order chi connectivity index (χ0) is 17.9. The Kier molecular flexibility index (Phi) is 8.99. The van der Waals surface area contributed by atoms with E-state index in [0.717, 1.165) is 23.8 Å². The van der Waals surface area contributed by atoms with E-state index in [1.54, 1.807) is 30.8 Å². The van der Waals surface area contributed by atoms with E-state index in [-0.39, 0.29) is 12.5 Å². The van der Waals surface area contributed by atoms with Gasteiger partial charge in [-0.15, -0.1) is 0 Å². The van der Waals surface area contributed by atoms with E-state index in [4.69, 9.17) is 0 Å². The minimum absolute atomic E-state index is 0.00194. The first-order valence-electron chi connectivity index (χ1n) is 7.78. The lowest BCUT2D eigenvalue weighted by molar-refractivity contribution is -0.127. The molecule has 1 amide bonds. The smallest absolute Gasteiger partial charge is 0.241 e. The summed E-state index contributed by atoms with van der Waals surface area (Å²) in [6.45, 7) is 1.45. The first-order valence-corrected chi connectivity index (χ1v) is 9.18. The number of hydrogen-bond acceptors (Lipinski definition) is 5. The monoisotopic (exact) mass is 352 g/mol. The Morgan fingerprint density at radius 2 is 2.00 bits per heavy atom. The molecular weight excluding hydrogens is 324 g/mol. The summed E-state index contributed by atoms with van der Waals surface area (Å²) in [6, 6.07) is 5.87. The van der Waals surface area contributed by atoms with E-state index < -0.39 is 0 Å². The first kappa shape index (κ1) is 20.1. The SMILES string of the molecule is CSCCNC(=NCc1cccc(N(C)C)n1)NCC(=O)N(C)C.